The van der Waals surface area contributed by atoms with Crippen LogP contribution in [0.1, 0.15) is 27.9 Å². The maximum atomic E-state index is 12.6. The number of carbonyl (C=O) groups excluding carboxylic acids is 1. The minimum Gasteiger partial charge on any atom is -0.478 e. The SMILES string of the molecule is Cc1cc(C=CC(=O)O)ccc1NC(=O)c1cccc(NC2=NCCCN2)c1. The minimum atomic E-state index is -1.00. The van der Waals surface area contributed by atoms with Crippen molar-refractivity contribution in [2.75, 3.05) is 23.7 Å². The van der Waals surface area contributed by atoms with Gasteiger partial charge in [-0.05, 0) is 60.9 Å². The number of nitrogens with zero attached hydrogens (tertiary/aromatic N) is 1. The van der Waals surface area contributed by atoms with Crippen LogP contribution in [0.25, 0.3) is 6.08 Å². The summed E-state index contributed by atoms with van der Waals surface area (Å²) < 4.78 is 0. The first-order chi connectivity index (χ1) is 13.5. The Bertz CT molecular complexity index is 950. The molecule has 7 nitrogen and oxygen atoms in total. The number of aliphatic imine (C=N–C) groups is 1. The summed E-state index contributed by atoms with van der Waals surface area (Å²) in [6, 6.07) is 12.5. The van der Waals surface area contributed by atoms with Crippen LogP contribution in [-0.2, 0) is 4.79 Å². The molecule has 1 heterocycles. The summed E-state index contributed by atoms with van der Waals surface area (Å²) in [6.07, 6.45) is 3.60. The zero-order chi connectivity index (χ0) is 19.9. The molecule has 28 heavy (non-hydrogen) atoms. The number of carbonyl (C=O) groups is 2. The van der Waals surface area contributed by atoms with Crippen LogP contribution in [0.3, 0.4) is 0 Å². The van der Waals surface area contributed by atoms with E-state index in [0.29, 0.717) is 17.2 Å². The molecule has 1 aliphatic rings. The van der Waals surface area contributed by atoms with Crippen LogP contribution >= 0.6 is 0 Å². The molecule has 144 valence electrons. The standard InChI is InChI=1S/C21H22N4O3/c1-14-12-15(7-9-19(26)27)6-8-18(14)25-20(28)16-4-2-5-17(13-16)24-21-22-10-3-11-23-21/h2,4-9,12-13H,3,10-11H2,1H3,(H,25,28)(H,26,27)(H2,22,23,24). The lowest BCUT2D eigenvalue weighted by Gasteiger charge is -2.16. The van der Waals surface area contributed by atoms with Crippen LogP contribution in [0.2, 0.25) is 0 Å². The van der Waals surface area contributed by atoms with Crippen molar-refractivity contribution in [3.8, 4) is 0 Å². The number of nitrogens with one attached hydrogen (secondary N) is 3. The first kappa shape index (κ1) is 19.2. The number of hydrogen-bond donors (Lipinski definition) is 4. The lowest BCUT2D eigenvalue weighted by molar-refractivity contribution is -0.131. The summed E-state index contributed by atoms with van der Waals surface area (Å²) in [5.74, 6) is -0.512. The van der Waals surface area contributed by atoms with Gasteiger partial charge in [0, 0.05) is 36.1 Å². The number of hydrogen-bond acceptors (Lipinski definition) is 5. The fourth-order valence-electron chi connectivity index (χ4n) is 2.78. The van der Waals surface area contributed by atoms with Gasteiger partial charge in [-0.1, -0.05) is 12.1 Å². The zero-order valence-electron chi connectivity index (χ0n) is 15.5. The molecule has 0 radical (unpaired) electrons. The molecule has 0 aromatic heterocycles. The fourth-order valence-corrected chi connectivity index (χ4v) is 2.78. The number of rotatable bonds is 5. The van der Waals surface area contributed by atoms with Gasteiger partial charge in [0.15, 0.2) is 5.96 Å². The van der Waals surface area contributed by atoms with E-state index in [9.17, 15) is 9.59 Å². The lowest BCUT2D eigenvalue weighted by Crippen LogP contribution is -2.35. The van der Waals surface area contributed by atoms with E-state index in [4.69, 9.17) is 5.11 Å². The second-order valence-corrected chi connectivity index (χ2v) is 6.42. The van der Waals surface area contributed by atoms with Crippen molar-refractivity contribution in [1.29, 1.82) is 0 Å². The largest absolute Gasteiger partial charge is 0.478 e. The van der Waals surface area contributed by atoms with Crippen molar-refractivity contribution in [3.05, 3.63) is 65.2 Å². The van der Waals surface area contributed by atoms with Crippen molar-refractivity contribution in [2.24, 2.45) is 4.99 Å². The van der Waals surface area contributed by atoms with Gasteiger partial charge < -0.3 is 21.1 Å². The Kier molecular flexibility index (Phi) is 6.06. The van der Waals surface area contributed by atoms with Crippen molar-refractivity contribution in [2.45, 2.75) is 13.3 Å². The monoisotopic (exact) mass is 378 g/mol. The van der Waals surface area contributed by atoms with Crippen LogP contribution in [0.15, 0.2) is 53.5 Å². The first-order valence-corrected chi connectivity index (χ1v) is 9.00. The van der Waals surface area contributed by atoms with Gasteiger partial charge in [0.25, 0.3) is 5.91 Å². The molecule has 0 fully saturated rings. The number of benzene rings is 2. The van der Waals surface area contributed by atoms with Crippen LogP contribution in [0.5, 0.6) is 0 Å². The number of amides is 1. The molecule has 0 atom stereocenters. The Morgan fingerprint density at radius 3 is 2.79 bits per heavy atom. The molecule has 0 unspecified atom stereocenters. The van der Waals surface area contributed by atoms with Crippen LogP contribution in [-0.4, -0.2) is 36.0 Å². The van der Waals surface area contributed by atoms with Crippen molar-refractivity contribution in [1.82, 2.24) is 5.32 Å². The summed E-state index contributed by atoms with van der Waals surface area (Å²) in [5.41, 5.74) is 3.58. The van der Waals surface area contributed by atoms with E-state index in [1.165, 1.54) is 6.08 Å². The van der Waals surface area contributed by atoms with Gasteiger partial charge in [-0.15, -0.1) is 0 Å². The molecular formula is C21H22N4O3. The predicted molar refractivity (Wildman–Crippen MR) is 111 cm³/mol. The van der Waals surface area contributed by atoms with Gasteiger partial charge in [-0.3, -0.25) is 9.79 Å². The van der Waals surface area contributed by atoms with Gasteiger partial charge in [0.1, 0.15) is 0 Å². The molecular weight excluding hydrogens is 356 g/mol. The molecule has 2 aromatic rings. The van der Waals surface area contributed by atoms with Gasteiger partial charge in [0.2, 0.25) is 0 Å². The number of carboxylic acids is 1. The molecule has 1 aliphatic heterocycles. The number of aliphatic carboxylic acids is 1. The van der Waals surface area contributed by atoms with Crippen LogP contribution in [0.4, 0.5) is 11.4 Å². The van der Waals surface area contributed by atoms with E-state index >= 15 is 0 Å². The lowest BCUT2D eigenvalue weighted by atomic mass is 10.1. The normalized spacial score (nSPS) is 13.5. The molecule has 3 rings (SSSR count). The topological polar surface area (TPSA) is 103 Å². The number of aryl methyl sites for hydroxylation is 1. The first-order valence-electron chi connectivity index (χ1n) is 9.00. The third-order valence-corrected chi connectivity index (χ3v) is 4.20. The number of guanidine groups is 1. The highest BCUT2D eigenvalue weighted by Crippen LogP contribution is 2.19. The Labute approximate surface area is 163 Å². The number of carboxylic acid groups (broad SMARTS) is 1. The Morgan fingerprint density at radius 2 is 2.07 bits per heavy atom. The fraction of sp³-hybridized carbons (Fsp3) is 0.190. The zero-order valence-corrected chi connectivity index (χ0v) is 15.5. The molecule has 4 N–H and O–H groups in total. The summed E-state index contributed by atoms with van der Waals surface area (Å²) in [6.45, 7) is 3.52. The summed E-state index contributed by atoms with van der Waals surface area (Å²) in [7, 11) is 0. The minimum absolute atomic E-state index is 0.223. The molecule has 0 bridgehead atoms. The molecule has 1 amide bonds. The third-order valence-electron chi connectivity index (χ3n) is 4.20. The van der Waals surface area contributed by atoms with Gasteiger partial charge in [-0.25, -0.2) is 4.79 Å². The molecule has 0 saturated carbocycles. The van der Waals surface area contributed by atoms with E-state index in [1.807, 2.05) is 25.1 Å². The van der Waals surface area contributed by atoms with Crippen molar-refractivity contribution < 1.29 is 14.7 Å². The second kappa shape index (κ2) is 8.85. The van der Waals surface area contributed by atoms with E-state index in [-0.39, 0.29) is 5.91 Å². The highest BCUT2D eigenvalue weighted by molar-refractivity contribution is 6.06. The summed E-state index contributed by atoms with van der Waals surface area (Å²) in [4.78, 5) is 27.6. The van der Waals surface area contributed by atoms with Gasteiger partial charge in [0.05, 0.1) is 0 Å². The van der Waals surface area contributed by atoms with Crippen LogP contribution < -0.4 is 16.0 Å². The maximum absolute atomic E-state index is 12.6. The molecule has 7 heteroatoms. The average Bonchev–Trinajstić information content (AvgIpc) is 2.69. The van der Waals surface area contributed by atoms with E-state index < -0.39 is 5.97 Å². The van der Waals surface area contributed by atoms with Gasteiger partial charge in [-0.2, -0.15) is 0 Å². The highest BCUT2D eigenvalue weighted by Gasteiger charge is 2.10. The molecule has 0 spiro atoms. The third kappa shape index (κ3) is 5.20. The van der Waals surface area contributed by atoms with E-state index in [0.717, 1.165) is 42.4 Å². The molecule has 0 aliphatic carbocycles. The Morgan fingerprint density at radius 1 is 1.21 bits per heavy atom. The summed E-state index contributed by atoms with van der Waals surface area (Å²) >= 11 is 0. The number of anilines is 2. The summed E-state index contributed by atoms with van der Waals surface area (Å²) in [5, 5.41) is 18.0. The van der Waals surface area contributed by atoms with E-state index in [2.05, 4.69) is 20.9 Å². The average molecular weight is 378 g/mol. The maximum Gasteiger partial charge on any atom is 0.328 e. The van der Waals surface area contributed by atoms with E-state index in [1.54, 1.807) is 24.3 Å². The smallest absolute Gasteiger partial charge is 0.328 e. The van der Waals surface area contributed by atoms with Crippen molar-refractivity contribution >= 4 is 35.3 Å². The molecule has 2 aromatic carbocycles. The predicted octanol–water partition coefficient (Wildman–Crippen LogP) is 3.11. The molecule has 0 saturated heterocycles. The Balaban J connectivity index is 1.70. The highest BCUT2D eigenvalue weighted by atomic mass is 16.4. The van der Waals surface area contributed by atoms with Gasteiger partial charge >= 0.3 is 5.97 Å². The quantitative estimate of drug-likeness (QED) is 0.599. The van der Waals surface area contributed by atoms with Crippen LogP contribution in [0, 0.1) is 6.92 Å². The van der Waals surface area contributed by atoms with Crippen molar-refractivity contribution in [3.63, 3.8) is 0 Å². The Hall–Kier alpha value is -3.61. The second-order valence-electron chi connectivity index (χ2n) is 6.42.